The van der Waals surface area contributed by atoms with E-state index in [-0.39, 0.29) is 0 Å². The lowest BCUT2D eigenvalue weighted by atomic mass is 10.3. The molecule has 0 aliphatic carbocycles. The Morgan fingerprint density at radius 2 is 1.80 bits per heavy atom. The van der Waals surface area contributed by atoms with Crippen LogP contribution in [0.5, 0.6) is 0 Å². The SMILES string of the molecule is CCCCn1ccc[n+]1C.F[B-](F)(F)F. The summed E-state index contributed by atoms with van der Waals surface area (Å²) in [6.45, 7) is 3.35. The number of nitrogens with zero attached hydrogens (tertiary/aromatic N) is 2. The molecule has 0 amide bonds. The zero-order valence-electron chi connectivity index (χ0n) is 8.84. The van der Waals surface area contributed by atoms with Crippen molar-refractivity contribution < 1.29 is 21.9 Å². The van der Waals surface area contributed by atoms with Crippen LogP contribution in [-0.4, -0.2) is 11.9 Å². The summed E-state index contributed by atoms with van der Waals surface area (Å²) < 4.78 is 43.3. The van der Waals surface area contributed by atoms with Crippen LogP contribution in [0, 0.1) is 0 Å². The van der Waals surface area contributed by atoms with Gasteiger partial charge in [0.25, 0.3) is 0 Å². The first-order valence-electron chi connectivity index (χ1n) is 4.73. The molecule has 0 saturated heterocycles. The average Bonchev–Trinajstić information content (AvgIpc) is 2.45. The Morgan fingerprint density at radius 1 is 1.27 bits per heavy atom. The highest BCUT2D eigenvalue weighted by Gasteiger charge is 2.20. The minimum Gasteiger partial charge on any atom is -0.418 e. The molecule has 88 valence electrons. The van der Waals surface area contributed by atoms with Crippen molar-refractivity contribution in [2.24, 2.45) is 7.05 Å². The second kappa shape index (κ2) is 6.47. The third-order valence-corrected chi connectivity index (χ3v) is 1.71. The van der Waals surface area contributed by atoms with E-state index in [9.17, 15) is 17.3 Å². The van der Waals surface area contributed by atoms with Gasteiger partial charge in [-0.25, -0.2) is 0 Å². The molecule has 0 N–H and O–H groups in total. The van der Waals surface area contributed by atoms with Crippen molar-refractivity contribution in [1.82, 2.24) is 4.68 Å². The number of aromatic nitrogens is 2. The minimum absolute atomic E-state index is 1.14. The van der Waals surface area contributed by atoms with Gasteiger partial charge in [-0.05, 0) is 6.42 Å². The molecule has 0 radical (unpaired) electrons. The smallest absolute Gasteiger partial charge is 0.418 e. The zero-order chi connectivity index (χ0) is 11.9. The third-order valence-electron chi connectivity index (χ3n) is 1.71. The molecule has 0 aliphatic heterocycles. The van der Waals surface area contributed by atoms with Gasteiger partial charge in [-0.15, -0.1) is 4.68 Å². The van der Waals surface area contributed by atoms with Crippen LogP contribution >= 0.6 is 0 Å². The summed E-state index contributed by atoms with van der Waals surface area (Å²) in [4.78, 5) is 0. The summed E-state index contributed by atoms with van der Waals surface area (Å²) in [5.41, 5.74) is 0. The lowest BCUT2D eigenvalue weighted by Crippen LogP contribution is -2.37. The summed E-state index contributed by atoms with van der Waals surface area (Å²) in [5.74, 6) is 0. The Bertz CT molecular complexity index is 266. The highest BCUT2D eigenvalue weighted by molar-refractivity contribution is 6.50. The summed E-state index contributed by atoms with van der Waals surface area (Å²) >= 11 is 0. The van der Waals surface area contributed by atoms with Crippen LogP contribution in [0.3, 0.4) is 0 Å². The highest BCUT2D eigenvalue weighted by Crippen LogP contribution is 2.06. The molecule has 1 rings (SSSR count). The lowest BCUT2D eigenvalue weighted by Gasteiger charge is -1.96. The Kier molecular flexibility index (Phi) is 6.04. The van der Waals surface area contributed by atoms with E-state index < -0.39 is 7.25 Å². The Labute approximate surface area is 86.6 Å². The van der Waals surface area contributed by atoms with E-state index in [0.29, 0.717) is 0 Å². The molecule has 0 aromatic carbocycles. The van der Waals surface area contributed by atoms with Gasteiger partial charge in [-0.1, -0.05) is 13.3 Å². The van der Waals surface area contributed by atoms with E-state index in [1.165, 1.54) is 12.8 Å². The second-order valence-electron chi connectivity index (χ2n) is 3.08. The van der Waals surface area contributed by atoms with E-state index in [4.69, 9.17) is 0 Å². The van der Waals surface area contributed by atoms with Crippen molar-refractivity contribution in [1.29, 1.82) is 0 Å². The number of aryl methyl sites for hydroxylation is 2. The molecular formula is C8H15BF4N2. The number of unbranched alkanes of at least 4 members (excludes halogenated alkanes) is 1. The molecule has 0 unspecified atom stereocenters. The van der Waals surface area contributed by atoms with E-state index in [1.54, 1.807) is 0 Å². The monoisotopic (exact) mass is 226 g/mol. The van der Waals surface area contributed by atoms with Gasteiger partial charge in [0.1, 0.15) is 0 Å². The third kappa shape index (κ3) is 9.30. The van der Waals surface area contributed by atoms with Crippen molar-refractivity contribution in [3.63, 3.8) is 0 Å². The molecule has 0 saturated carbocycles. The van der Waals surface area contributed by atoms with Crippen LogP contribution in [0.2, 0.25) is 0 Å². The van der Waals surface area contributed by atoms with Gasteiger partial charge in [-0.2, -0.15) is 4.68 Å². The molecule has 0 fully saturated rings. The fourth-order valence-electron chi connectivity index (χ4n) is 1.01. The van der Waals surface area contributed by atoms with Crippen molar-refractivity contribution in [2.75, 3.05) is 0 Å². The quantitative estimate of drug-likeness (QED) is 0.425. The number of hydrogen-bond acceptors (Lipinski definition) is 0. The van der Waals surface area contributed by atoms with Gasteiger partial charge in [0.05, 0.1) is 12.7 Å². The lowest BCUT2D eigenvalue weighted by molar-refractivity contribution is -0.753. The van der Waals surface area contributed by atoms with E-state index in [2.05, 4.69) is 41.8 Å². The Hall–Kier alpha value is -1.01. The fraction of sp³-hybridized carbons (Fsp3) is 0.625. The second-order valence-corrected chi connectivity index (χ2v) is 3.08. The van der Waals surface area contributed by atoms with Crippen LogP contribution in [0.1, 0.15) is 19.8 Å². The predicted octanol–water partition coefficient (Wildman–Crippen LogP) is 2.41. The molecule has 1 aromatic rings. The summed E-state index contributed by atoms with van der Waals surface area (Å²) in [5, 5.41) is 0. The van der Waals surface area contributed by atoms with Gasteiger partial charge in [0, 0.05) is 6.07 Å². The van der Waals surface area contributed by atoms with Crippen LogP contribution in [0.25, 0.3) is 0 Å². The van der Waals surface area contributed by atoms with Crippen molar-refractivity contribution in [3.8, 4) is 0 Å². The van der Waals surface area contributed by atoms with Crippen LogP contribution in [0.4, 0.5) is 17.3 Å². The molecule has 0 atom stereocenters. The van der Waals surface area contributed by atoms with Crippen molar-refractivity contribution in [2.45, 2.75) is 26.3 Å². The molecule has 15 heavy (non-hydrogen) atoms. The number of hydrogen-bond donors (Lipinski definition) is 0. The summed E-state index contributed by atoms with van der Waals surface area (Å²) in [7, 11) is -3.93. The average molecular weight is 226 g/mol. The maximum absolute atomic E-state index is 9.75. The molecular weight excluding hydrogens is 211 g/mol. The Morgan fingerprint density at radius 3 is 2.13 bits per heavy atom. The standard InChI is InChI=1S/C8H15N2.BF4/c1-3-4-7-10-8-5-6-9(10)2;2-1(3,4)5/h5-6,8H,3-4,7H2,1-2H3;/q+1;-1. The van der Waals surface area contributed by atoms with Crippen LogP contribution in [0.15, 0.2) is 18.5 Å². The van der Waals surface area contributed by atoms with Gasteiger partial charge < -0.3 is 17.3 Å². The maximum atomic E-state index is 9.75. The molecule has 0 spiro atoms. The zero-order valence-corrected chi connectivity index (χ0v) is 8.84. The Balaban J connectivity index is 0.000000336. The van der Waals surface area contributed by atoms with Crippen molar-refractivity contribution in [3.05, 3.63) is 18.5 Å². The number of rotatable bonds is 3. The molecule has 1 heterocycles. The van der Waals surface area contributed by atoms with Gasteiger partial charge in [-0.3, -0.25) is 0 Å². The van der Waals surface area contributed by atoms with E-state index >= 15 is 0 Å². The van der Waals surface area contributed by atoms with Crippen LogP contribution in [-0.2, 0) is 13.6 Å². The first kappa shape index (κ1) is 14.0. The van der Waals surface area contributed by atoms with Gasteiger partial charge >= 0.3 is 7.25 Å². The first-order valence-corrected chi connectivity index (χ1v) is 4.73. The maximum Gasteiger partial charge on any atom is 0.673 e. The van der Waals surface area contributed by atoms with Crippen molar-refractivity contribution >= 4 is 7.25 Å². The van der Waals surface area contributed by atoms with Crippen LogP contribution < -0.4 is 4.68 Å². The minimum atomic E-state index is -6.00. The summed E-state index contributed by atoms with van der Waals surface area (Å²) in [6, 6.07) is 2.07. The topological polar surface area (TPSA) is 8.81 Å². The fourth-order valence-corrected chi connectivity index (χ4v) is 1.01. The summed E-state index contributed by atoms with van der Waals surface area (Å²) in [6.07, 6.45) is 6.70. The molecule has 0 aliphatic rings. The molecule has 7 heteroatoms. The number of halogens is 4. The highest BCUT2D eigenvalue weighted by atomic mass is 19.5. The van der Waals surface area contributed by atoms with Gasteiger partial charge in [0.15, 0.2) is 13.2 Å². The molecule has 1 aromatic heterocycles. The molecule has 0 bridgehead atoms. The van der Waals surface area contributed by atoms with E-state index in [0.717, 1.165) is 6.54 Å². The largest absolute Gasteiger partial charge is 0.673 e. The predicted molar refractivity (Wildman–Crippen MR) is 50.7 cm³/mol. The normalized spacial score (nSPS) is 10.8. The molecule has 2 nitrogen and oxygen atoms in total. The first-order chi connectivity index (χ1) is 6.84. The van der Waals surface area contributed by atoms with Gasteiger partial charge in [0.2, 0.25) is 0 Å². The van der Waals surface area contributed by atoms with E-state index in [1.807, 2.05) is 0 Å².